The van der Waals surface area contributed by atoms with Crippen LogP contribution in [-0.4, -0.2) is 46.5 Å². The van der Waals surface area contributed by atoms with Crippen molar-refractivity contribution in [3.05, 3.63) is 6.20 Å². The van der Waals surface area contributed by atoms with E-state index in [1.54, 1.807) is 6.20 Å². The minimum atomic E-state index is 0.260. The number of hydrogen-bond acceptors (Lipinski definition) is 7. The number of hydrazine groups is 1. The van der Waals surface area contributed by atoms with Crippen LogP contribution in [0, 0.1) is 0 Å². The van der Waals surface area contributed by atoms with Crippen molar-refractivity contribution in [3.63, 3.8) is 0 Å². The van der Waals surface area contributed by atoms with E-state index in [4.69, 9.17) is 10.6 Å². The number of ether oxygens (including phenoxy) is 1. The molecule has 102 valence electrons. The minimum absolute atomic E-state index is 0.260. The number of nitrogens with one attached hydrogen (secondary N) is 2. The van der Waals surface area contributed by atoms with E-state index in [9.17, 15) is 0 Å². The predicted molar refractivity (Wildman–Crippen MR) is 71.7 cm³/mol. The molecule has 0 aromatic carbocycles. The molecule has 0 radical (unpaired) electrons. The number of nitrogen functional groups attached to an aromatic ring is 1. The van der Waals surface area contributed by atoms with Crippen molar-refractivity contribution in [2.24, 2.45) is 5.84 Å². The van der Waals surface area contributed by atoms with Crippen molar-refractivity contribution < 1.29 is 4.74 Å². The topological polar surface area (TPSA) is 105 Å². The largest absolute Gasteiger partial charge is 0.376 e. The van der Waals surface area contributed by atoms with Crippen molar-refractivity contribution in [2.75, 3.05) is 30.5 Å². The average molecular weight is 263 g/mol. The molecule has 8 nitrogen and oxygen atoms in total. The van der Waals surface area contributed by atoms with Crippen LogP contribution in [0.4, 0.5) is 11.8 Å². The van der Waals surface area contributed by atoms with Gasteiger partial charge in [-0.1, -0.05) is 0 Å². The monoisotopic (exact) mass is 263 g/mol. The molecule has 2 aromatic rings. The fourth-order valence-electron chi connectivity index (χ4n) is 2.36. The van der Waals surface area contributed by atoms with Gasteiger partial charge in [0, 0.05) is 20.2 Å². The van der Waals surface area contributed by atoms with E-state index in [-0.39, 0.29) is 6.10 Å². The summed E-state index contributed by atoms with van der Waals surface area (Å²) in [5.41, 5.74) is 3.13. The van der Waals surface area contributed by atoms with Gasteiger partial charge in [0.2, 0.25) is 5.95 Å². The van der Waals surface area contributed by atoms with Gasteiger partial charge < -0.3 is 9.64 Å². The summed E-state index contributed by atoms with van der Waals surface area (Å²) in [4.78, 5) is 10.7. The van der Waals surface area contributed by atoms with Crippen molar-refractivity contribution in [2.45, 2.75) is 18.9 Å². The van der Waals surface area contributed by atoms with E-state index in [1.807, 2.05) is 7.05 Å². The lowest BCUT2D eigenvalue weighted by atomic mass is 10.2. The third kappa shape index (κ3) is 2.32. The first kappa shape index (κ1) is 12.1. The lowest BCUT2D eigenvalue weighted by Gasteiger charge is -2.22. The maximum absolute atomic E-state index is 5.65. The van der Waals surface area contributed by atoms with Gasteiger partial charge in [0.15, 0.2) is 5.65 Å². The summed E-state index contributed by atoms with van der Waals surface area (Å²) in [6.45, 7) is 1.64. The summed E-state index contributed by atoms with van der Waals surface area (Å²) in [5, 5.41) is 7.70. The number of likely N-dealkylation sites (N-methyl/N-ethyl adjacent to an activating group) is 1. The van der Waals surface area contributed by atoms with Crippen LogP contribution >= 0.6 is 0 Å². The quantitative estimate of drug-likeness (QED) is 0.536. The first-order valence-electron chi connectivity index (χ1n) is 6.28. The Morgan fingerprint density at radius 1 is 1.58 bits per heavy atom. The zero-order valence-electron chi connectivity index (χ0n) is 10.8. The third-order valence-corrected chi connectivity index (χ3v) is 3.28. The molecule has 1 fully saturated rings. The number of aromatic nitrogens is 4. The lowest BCUT2D eigenvalue weighted by molar-refractivity contribution is 0.116. The Kier molecular flexibility index (Phi) is 3.18. The molecule has 3 heterocycles. The second-order valence-corrected chi connectivity index (χ2v) is 4.66. The number of aromatic amines is 1. The van der Waals surface area contributed by atoms with E-state index < -0.39 is 0 Å². The molecule has 1 aliphatic rings. The van der Waals surface area contributed by atoms with E-state index in [0.717, 1.165) is 37.2 Å². The van der Waals surface area contributed by atoms with Gasteiger partial charge >= 0.3 is 0 Å². The van der Waals surface area contributed by atoms with Gasteiger partial charge in [-0.2, -0.15) is 15.1 Å². The SMILES string of the molecule is CN(CC1CCCO1)c1nc(NN)nc2[nH]ncc12. The summed E-state index contributed by atoms with van der Waals surface area (Å²) in [7, 11) is 1.98. The molecule has 4 N–H and O–H groups in total. The second-order valence-electron chi connectivity index (χ2n) is 4.66. The molecule has 0 amide bonds. The Morgan fingerprint density at radius 2 is 2.47 bits per heavy atom. The molecule has 19 heavy (non-hydrogen) atoms. The first-order valence-corrected chi connectivity index (χ1v) is 6.28. The van der Waals surface area contributed by atoms with E-state index in [1.165, 1.54) is 0 Å². The Bertz CT molecular complexity index is 563. The maximum atomic E-state index is 5.65. The van der Waals surface area contributed by atoms with Crippen LogP contribution in [-0.2, 0) is 4.74 Å². The highest BCUT2D eigenvalue weighted by atomic mass is 16.5. The summed E-state index contributed by atoms with van der Waals surface area (Å²) in [6.07, 6.45) is 4.19. The standard InChI is InChI=1S/C11H17N7O/c1-18(6-7-3-2-4-19-7)10-8-5-13-17-9(8)14-11(15-10)16-12/h5,7H,2-4,6,12H2,1H3,(H2,13,14,15,16,17). The number of nitrogens with zero attached hydrogens (tertiary/aromatic N) is 4. The van der Waals surface area contributed by atoms with Crippen LogP contribution in [0.2, 0.25) is 0 Å². The van der Waals surface area contributed by atoms with Crippen LogP contribution in [0.1, 0.15) is 12.8 Å². The Morgan fingerprint density at radius 3 is 3.21 bits per heavy atom. The Balaban J connectivity index is 1.90. The highest BCUT2D eigenvalue weighted by Crippen LogP contribution is 2.24. The molecule has 3 rings (SSSR count). The zero-order chi connectivity index (χ0) is 13.2. The Labute approximate surface area is 110 Å². The van der Waals surface area contributed by atoms with Gasteiger partial charge in [-0.15, -0.1) is 0 Å². The molecule has 0 bridgehead atoms. The number of rotatable bonds is 4. The van der Waals surface area contributed by atoms with Crippen LogP contribution in [0.5, 0.6) is 0 Å². The number of anilines is 2. The predicted octanol–water partition coefficient (Wildman–Crippen LogP) is 0.254. The van der Waals surface area contributed by atoms with Gasteiger partial charge in [-0.05, 0) is 12.8 Å². The highest BCUT2D eigenvalue weighted by molar-refractivity contribution is 5.87. The van der Waals surface area contributed by atoms with E-state index in [0.29, 0.717) is 11.6 Å². The van der Waals surface area contributed by atoms with Crippen molar-refractivity contribution >= 4 is 22.8 Å². The zero-order valence-corrected chi connectivity index (χ0v) is 10.8. The van der Waals surface area contributed by atoms with Gasteiger partial charge in [0.25, 0.3) is 0 Å². The van der Waals surface area contributed by atoms with Gasteiger partial charge in [-0.25, -0.2) is 5.84 Å². The minimum Gasteiger partial charge on any atom is -0.376 e. The van der Waals surface area contributed by atoms with Crippen LogP contribution in [0.25, 0.3) is 11.0 Å². The molecular weight excluding hydrogens is 246 g/mol. The maximum Gasteiger partial charge on any atom is 0.241 e. The number of H-pyrrole nitrogens is 1. The second kappa shape index (κ2) is 4.98. The highest BCUT2D eigenvalue weighted by Gasteiger charge is 2.20. The molecule has 1 saturated heterocycles. The molecule has 1 unspecified atom stereocenters. The summed E-state index contributed by atoms with van der Waals surface area (Å²) in [5.74, 6) is 6.55. The lowest BCUT2D eigenvalue weighted by Crippen LogP contribution is -2.29. The van der Waals surface area contributed by atoms with Crippen molar-refractivity contribution in [1.82, 2.24) is 20.2 Å². The molecule has 0 aliphatic carbocycles. The fourth-order valence-corrected chi connectivity index (χ4v) is 2.36. The molecule has 2 aromatic heterocycles. The molecule has 0 saturated carbocycles. The van der Waals surface area contributed by atoms with Gasteiger partial charge in [-0.3, -0.25) is 10.5 Å². The van der Waals surface area contributed by atoms with E-state index in [2.05, 4.69) is 30.5 Å². The fraction of sp³-hybridized carbons (Fsp3) is 0.545. The van der Waals surface area contributed by atoms with Crippen LogP contribution in [0.15, 0.2) is 6.20 Å². The normalized spacial score (nSPS) is 18.9. The Hall–Kier alpha value is -1.93. The van der Waals surface area contributed by atoms with Crippen LogP contribution in [0.3, 0.4) is 0 Å². The van der Waals surface area contributed by atoms with Gasteiger partial charge in [0.1, 0.15) is 5.82 Å². The summed E-state index contributed by atoms with van der Waals surface area (Å²) in [6, 6.07) is 0. The first-order chi connectivity index (χ1) is 9.28. The number of nitrogens with two attached hydrogens (primary N) is 1. The molecule has 1 aliphatic heterocycles. The molecule has 1 atom stereocenters. The third-order valence-electron chi connectivity index (χ3n) is 3.28. The summed E-state index contributed by atoms with van der Waals surface area (Å²) >= 11 is 0. The van der Waals surface area contributed by atoms with Gasteiger partial charge in [0.05, 0.1) is 17.7 Å². The number of fused-ring (bicyclic) bond motifs is 1. The molecular formula is C11H17N7O. The van der Waals surface area contributed by atoms with Crippen LogP contribution < -0.4 is 16.2 Å². The summed E-state index contributed by atoms with van der Waals surface area (Å²) < 4.78 is 5.65. The number of hydrogen-bond donors (Lipinski definition) is 3. The molecule has 0 spiro atoms. The smallest absolute Gasteiger partial charge is 0.241 e. The van der Waals surface area contributed by atoms with Crippen molar-refractivity contribution in [1.29, 1.82) is 0 Å². The van der Waals surface area contributed by atoms with E-state index >= 15 is 0 Å². The average Bonchev–Trinajstić information content (AvgIpc) is 3.07. The van der Waals surface area contributed by atoms with Crippen molar-refractivity contribution in [3.8, 4) is 0 Å². The molecule has 8 heteroatoms.